The van der Waals surface area contributed by atoms with Gasteiger partial charge in [0, 0.05) is 0 Å². The monoisotopic (exact) mass is 168 g/mol. The highest BCUT2D eigenvalue weighted by Gasteiger charge is 1.99. The number of carboxylic acids is 1. The van der Waals surface area contributed by atoms with Crippen molar-refractivity contribution >= 4 is 12.4 Å². The van der Waals surface area contributed by atoms with E-state index < -0.39 is 11.7 Å². The quantitative estimate of drug-likeness (QED) is 0.222. The second kappa shape index (κ2) is 11.1. The van der Waals surface area contributed by atoms with E-state index in [9.17, 15) is 4.79 Å². The number of aliphatic carboxylic acids is 1. The zero-order valence-electron chi connectivity index (χ0n) is 5.26. The topological polar surface area (TPSA) is 147 Å². The van der Waals surface area contributed by atoms with E-state index in [-0.39, 0.29) is 18.2 Å². The number of carbonyl (C=O) groups is 2. The number of rotatable bonds is 1. The van der Waals surface area contributed by atoms with E-state index in [1.54, 1.807) is 0 Å². The van der Waals surface area contributed by atoms with Gasteiger partial charge in [-0.25, -0.2) is 4.79 Å². The number of aliphatic hydroxyl groups is 2. The predicted molar refractivity (Wildman–Crippen MR) is 33.3 cm³/mol. The molecule has 0 radical (unpaired) electrons. The number of hydrogen-bond donors (Lipinski definition) is 4. The maximum atomic E-state index is 9.45. The van der Waals surface area contributed by atoms with Crippen LogP contribution in [0.4, 0.5) is 0 Å². The van der Waals surface area contributed by atoms with Crippen molar-refractivity contribution < 1.29 is 35.5 Å². The van der Waals surface area contributed by atoms with E-state index in [0.717, 1.165) is 0 Å². The van der Waals surface area contributed by atoms with Crippen molar-refractivity contribution in [2.75, 3.05) is 0 Å². The Labute approximate surface area is 61.1 Å². The summed E-state index contributed by atoms with van der Waals surface area (Å²) >= 11 is 0. The average molecular weight is 168 g/mol. The van der Waals surface area contributed by atoms with Crippen LogP contribution in [0, 0.1) is 0 Å². The Morgan fingerprint density at radius 3 is 1.45 bits per heavy atom. The van der Waals surface area contributed by atoms with Crippen LogP contribution in [-0.2, 0) is 9.59 Å². The molecule has 0 saturated carbocycles. The van der Waals surface area contributed by atoms with Gasteiger partial charge in [-0.2, -0.15) is 0 Å². The second-order valence-corrected chi connectivity index (χ2v) is 0.925. The molecule has 0 aromatic heterocycles. The second-order valence-electron chi connectivity index (χ2n) is 0.925. The third-order valence-corrected chi connectivity index (χ3v) is 0.341. The van der Waals surface area contributed by atoms with Crippen molar-refractivity contribution in [2.24, 2.45) is 0 Å². The molecular formula is C4H8O7. The Hall–Kier alpha value is -1.76. The predicted octanol–water partition coefficient (Wildman–Crippen LogP) is -1.10. The summed E-state index contributed by atoms with van der Waals surface area (Å²) in [5.41, 5.74) is 0. The van der Waals surface area contributed by atoms with Gasteiger partial charge in [-0.1, -0.05) is 0 Å². The molecule has 0 saturated heterocycles. The van der Waals surface area contributed by atoms with Crippen LogP contribution < -0.4 is 0 Å². The molecule has 0 aromatic carbocycles. The average Bonchev–Trinajstić information content (AvgIpc) is 1.88. The highest BCUT2D eigenvalue weighted by molar-refractivity contribution is 5.83. The SMILES string of the molecule is O.O=C(O)/C(O)=C\O.O=CO. The first-order valence-electron chi connectivity index (χ1n) is 1.94. The third-order valence-electron chi connectivity index (χ3n) is 0.341. The van der Waals surface area contributed by atoms with Gasteiger partial charge in [-0.05, 0) is 0 Å². The maximum absolute atomic E-state index is 9.45. The van der Waals surface area contributed by atoms with Crippen LogP contribution in [0.25, 0.3) is 0 Å². The van der Waals surface area contributed by atoms with Gasteiger partial charge in [0.1, 0.15) is 6.26 Å². The Morgan fingerprint density at radius 1 is 1.18 bits per heavy atom. The van der Waals surface area contributed by atoms with Gasteiger partial charge in [-0.3, -0.25) is 4.79 Å². The Morgan fingerprint density at radius 2 is 1.45 bits per heavy atom. The minimum atomic E-state index is -1.54. The summed E-state index contributed by atoms with van der Waals surface area (Å²) in [4.78, 5) is 17.8. The molecule has 0 aromatic rings. The Balaban J connectivity index is -0.000000140. The molecular weight excluding hydrogens is 160 g/mol. The maximum Gasteiger partial charge on any atom is 0.374 e. The molecule has 0 unspecified atom stereocenters. The van der Waals surface area contributed by atoms with E-state index in [4.69, 9.17) is 25.2 Å². The van der Waals surface area contributed by atoms with Gasteiger partial charge < -0.3 is 25.9 Å². The van der Waals surface area contributed by atoms with E-state index in [1.807, 2.05) is 0 Å². The summed E-state index contributed by atoms with van der Waals surface area (Å²) in [5, 5.41) is 30.3. The van der Waals surface area contributed by atoms with Crippen LogP contribution in [0.15, 0.2) is 12.0 Å². The van der Waals surface area contributed by atoms with E-state index in [0.29, 0.717) is 0 Å². The lowest BCUT2D eigenvalue weighted by Crippen LogP contribution is -1.97. The van der Waals surface area contributed by atoms with Crippen LogP contribution in [0.3, 0.4) is 0 Å². The molecule has 0 amide bonds. The van der Waals surface area contributed by atoms with Crippen molar-refractivity contribution in [3.05, 3.63) is 12.0 Å². The molecule has 0 aliphatic rings. The summed E-state index contributed by atoms with van der Waals surface area (Å²) in [6.07, 6.45) is 0.113. The van der Waals surface area contributed by atoms with Gasteiger partial charge in [0.2, 0.25) is 5.76 Å². The first kappa shape index (κ1) is 16.1. The summed E-state index contributed by atoms with van der Waals surface area (Å²) in [5.74, 6) is -2.59. The van der Waals surface area contributed by atoms with Gasteiger partial charge in [0.15, 0.2) is 0 Å². The third kappa shape index (κ3) is 17.8. The normalized spacial score (nSPS) is 8.18. The van der Waals surface area contributed by atoms with E-state index in [1.165, 1.54) is 0 Å². The number of hydrogen-bond acceptors (Lipinski definition) is 4. The largest absolute Gasteiger partial charge is 0.511 e. The van der Waals surface area contributed by atoms with Crippen molar-refractivity contribution in [3.63, 3.8) is 0 Å². The first-order valence-corrected chi connectivity index (χ1v) is 1.94. The van der Waals surface area contributed by atoms with Gasteiger partial charge in [0.05, 0.1) is 0 Å². The molecule has 66 valence electrons. The highest BCUT2D eigenvalue weighted by Crippen LogP contribution is 1.81. The van der Waals surface area contributed by atoms with E-state index in [2.05, 4.69) is 0 Å². The lowest BCUT2D eigenvalue weighted by atomic mass is 10.6. The lowest BCUT2D eigenvalue weighted by Gasteiger charge is -1.82. The molecule has 0 atom stereocenters. The van der Waals surface area contributed by atoms with Gasteiger partial charge in [-0.15, -0.1) is 0 Å². The molecule has 11 heavy (non-hydrogen) atoms. The van der Waals surface area contributed by atoms with Crippen LogP contribution in [0.5, 0.6) is 0 Å². The fraction of sp³-hybridized carbons (Fsp3) is 0. The Kier molecular flexibility index (Phi) is 16.2. The summed E-state index contributed by atoms with van der Waals surface area (Å²) in [6.45, 7) is -0.250. The van der Waals surface area contributed by atoms with Crippen molar-refractivity contribution in [1.82, 2.24) is 0 Å². The molecule has 0 aliphatic carbocycles. The fourth-order valence-corrected chi connectivity index (χ4v) is 0.0552. The zero-order chi connectivity index (χ0) is 8.57. The summed E-state index contributed by atoms with van der Waals surface area (Å²) < 4.78 is 0. The van der Waals surface area contributed by atoms with Gasteiger partial charge in [0.25, 0.3) is 6.47 Å². The van der Waals surface area contributed by atoms with Crippen molar-refractivity contribution in [3.8, 4) is 0 Å². The molecule has 0 aliphatic heterocycles. The lowest BCUT2D eigenvalue weighted by molar-refractivity contribution is -0.135. The van der Waals surface area contributed by atoms with Gasteiger partial charge >= 0.3 is 5.97 Å². The number of aliphatic hydroxyl groups excluding tert-OH is 2. The van der Waals surface area contributed by atoms with E-state index >= 15 is 0 Å². The summed E-state index contributed by atoms with van der Waals surface area (Å²) in [7, 11) is 0. The minimum absolute atomic E-state index is 0. The molecule has 0 fully saturated rings. The minimum Gasteiger partial charge on any atom is -0.511 e. The fourth-order valence-electron chi connectivity index (χ4n) is 0.0552. The van der Waals surface area contributed by atoms with Crippen molar-refractivity contribution in [1.29, 1.82) is 0 Å². The first-order chi connectivity index (χ1) is 4.59. The van der Waals surface area contributed by atoms with Crippen LogP contribution in [-0.4, -0.2) is 38.3 Å². The molecule has 6 N–H and O–H groups in total. The number of carboxylic acid groups (broad SMARTS) is 2. The molecule has 0 rings (SSSR count). The standard InChI is InChI=1S/C3H4O4.CH2O2.H2O/c4-1-2(5)3(6)7;2-1-3;/h1,4-5H,(H,6,7);1H,(H,2,3);1H2/b2-1+;;. The highest BCUT2D eigenvalue weighted by atomic mass is 16.4. The molecule has 7 heteroatoms. The molecule has 0 heterocycles. The Bertz CT molecular complexity index is 137. The zero-order valence-corrected chi connectivity index (χ0v) is 5.26. The van der Waals surface area contributed by atoms with Crippen molar-refractivity contribution in [2.45, 2.75) is 0 Å². The molecule has 0 spiro atoms. The van der Waals surface area contributed by atoms with Crippen LogP contribution in [0.2, 0.25) is 0 Å². The van der Waals surface area contributed by atoms with Crippen LogP contribution in [0.1, 0.15) is 0 Å². The summed E-state index contributed by atoms with van der Waals surface area (Å²) in [6, 6.07) is 0. The molecule has 7 nitrogen and oxygen atoms in total. The van der Waals surface area contributed by atoms with Crippen LogP contribution >= 0.6 is 0 Å². The smallest absolute Gasteiger partial charge is 0.374 e. The molecule has 0 bridgehead atoms.